The molecule has 2 saturated heterocycles. The largest absolute Gasteiger partial charge is 0.478 e. The number of rotatable bonds is 8. The van der Waals surface area contributed by atoms with Gasteiger partial charge in [-0.2, -0.15) is 0 Å². The molecule has 0 aliphatic carbocycles. The zero-order chi connectivity index (χ0) is 17.5. The van der Waals surface area contributed by atoms with Crippen LogP contribution in [0.1, 0.15) is 62.2 Å². The van der Waals surface area contributed by atoms with Crippen LogP contribution in [0.5, 0.6) is 5.88 Å². The van der Waals surface area contributed by atoms with Crippen molar-refractivity contribution in [2.75, 3.05) is 32.8 Å². The zero-order valence-electron chi connectivity index (χ0n) is 15.5. The first-order valence-electron chi connectivity index (χ1n) is 9.90. The molecule has 1 aromatic rings. The third-order valence-corrected chi connectivity index (χ3v) is 5.35. The van der Waals surface area contributed by atoms with E-state index in [-0.39, 0.29) is 5.91 Å². The molecule has 3 rings (SSSR count). The van der Waals surface area contributed by atoms with E-state index in [0.717, 1.165) is 45.2 Å². The number of aromatic nitrogens is 1. The summed E-state index contributed by atoms with van der Waals surface area (Å²) < 4.78 is 5.58. The van der Waals surface area contributed by atoms with Gasteiger partial charge < -0.3 is 14.5 Å². The van der Waals surface area contributed by atoms with Gasteiger partial charge in [0, 0.05) is 31.4 Å². The lowest BCUT2D eigenvalue weighted by molar-refractivity contribution is 0.0722. The fourth-order valence-electron chi connectivity index (χ4n) is 3.82. The van der Waals surface area contributed by atoms with E-state index in [1.165, 1.54) is 25.9 Å². The maximum Gasteiger partial charge on any atom is 0.255 e. The van der Waals surface area contributed by atoms with Crippen LogP contribution < -0.4 is 4.74 Å². The van der Waals surface area contributed by atoms with Crippen LogP contribution in [0.4, 0.5) is 0 Å². The van der Waals surface area contributed by atoms with E-state index < -0.39 is 0 Å². The van der Waals surface area contributed by atoms with Gasteiger partial charge in [-0.1, -0.05) is 13.3 Å². The van der Waals surface area contributed by atoms with Gasteiger partial charge in [0.2, 0.25) is 5.88 Å². The van der Waals surface area contributed by atoms with Crippen LogP contribution in [0.15, 0.2) is 18.3 Å². The summed E-state index contributed by atoms with van der Waals surface area (Å²) in [6.07, 6.45) is 9.78. The highest BCUT2D eigenvalue weighted by Crippen LogP contribution is 2.24. The van der Waals surface area contributed by atoms with Crippen molar-refractivity contribution >= 4 is 5.91 Å². The number of likely N-dealkylation sites (tertiary alicyclic amines) is 2. The molecular weight excluding hydrogens is 314 g/mol. The van der Waals surface area contributed by atoms with Gasteiger partial charge in [-0.15, -0.1) is 0 Å². The number of amides is 1. The van der Waals surface area contributed by atoms with E-state index in [0.29, 0.717) is 24.1 Å². The lowest BCUT2D eigenvalue weighted by Crippen LogP contribution is -2.37. The average Bonchev–Trinajstić information content (AvgIpc) is 3.32. The molecule has 0 spiro atoms. The second-order valence-corrected chi connectivity index (χ2v) is 7.22. The lowest BCUT2D eigenvalue weighted by Gasteiger charge is -2.26. The standard InChI is InChI=1S/C20H31N3O2/c1-2-3-15-25-19-9-8-17(16-21-19)20(24)23-13-6-7-18(23)10-14-22-11-4-5-12-22/h8-9,16,18H,2-7,10-15H2,1H3/t18-/m0/s1. The first kappa shape index (κ1) is 18.2. The smallest absolute Gasteiger partial charge is 0.255 e. The molecule has 5 nitrogen and oxygen atoms in total. The van der Waals surface area contributed by atoms with Crippen LogP contribution in [0.2, 0.25) is 0 Å². The molecule has 0 bridgehead atoms. The van der Waals surface area contributed by atoms with Gasteiger partial charge in [0.05, 0.1) is 12.2 Å². The van der Waals surface area contributed by atoms with Gasteiger partial charge in [-0.3, -0.25) is 4.79 Å². The fourth-order valence-corrected chi connectivity index (χ4v) is 3.82. The molecule has 1 amide bonds. The van der Waals surface area contributed by atoms with Crippen LogP contribution in [-0.2, 0) is 0 Å². The molecule has 138 valence electrons. The number of nitrogens with zero attached hydrogens (tertiary/aromatic N) is 3. The van der Waals surface area contributed by atoms with Crippen molar-refractivity contribution in [3.05, 3.63) is 23.9 Å². The molecule has 0 unspecified atom stereocenters. The van der Waals surface area contributed by atoms with E-state index in [4.69, 9.17) is 4.74 Å². The molecule has 2 aliphatic heterocycles. The summed E-state index contributed by atoms with van der Waals surface area (Å²) in [4.78, 5) is 21.7. The Bertz CT molecular complexity index is 540. The number of ether oxygens (including phenoxy) is 1. The van der Waals surface area contributed by atoms with Gasteiger partial charge in [-0.05, 0) is 57.7 Å². The predicted octanol–water partition coefficient (Wildman–Crippen LogP) is 3.35. The highest BCUT2D eigenvalue weighted by molar-refractivity contribution is 5.94. The number of pyridine rings is 1. The Kier molecular flexibility index (Phi) is 6.68. The number of carbonyl (C=O) groups excluding carboxylic acids is 1. The highest BCUT2D eigenvalue weighted by Gasteiger charge is 2.30. The third-order valence-electron chi connectivity index (χ3n) is 5.35. The minimum absolute atomic E-state index is 0.122. The maximum atomic E-state index is 12.9. The molecule has 2 fully saturated rings. The van der Waals surface area contributed by atoms with Crippen molar-refractivity contribution in [2.45, 2.75) is 57.9 Å². The third kappa shape index (κ3) is 4.94. The summed E-state index contributed by atoms with van der Waals surface area (Å²) in [5.74, 6) is 0.730. The van der Waals surface area contributed by atoms with Gasteiger partial charge in [0.15, 0.2) is 0 Å². The summed E-state index contributed by atoms with van der Waals surface area (Å²) >= 11 is 0. The van der Waals surface area contributed by atoms with Crippen molar-refractivity contribution in [1.29, 1.82) is 0 Å². The fraction of sp³-hybridized carbons (Fsp3) is 0.700. The molecule has 3 heterocycles. The second-order valence-electron chi connectivity index (χ2n) is 7.22. The normalized spacial score (nSPS) is 21.0. The highest BCUT2D eigenvalue weighted by atomic mass is 16.5. The quantitative estimate of drug-likeness (QED) is 0.678. The van der Waals surface area contributed by atoms with Crippen molar-refractivity contribution in [3.8, 4) is 5.88 Å². The van der Waals surface area contributed by atoms with Gasteiger partial charge in [0.25, 0.3) is 5.91 Å². The molecule has 0 saturated carbocycles. The summed E-state index contributed by atoms with van der Waals surface area (Å²) in [5, 5.41) is 0. The van der Waals surface area contributed by atoms with Crippen molar-refractivity contribution in [2.24, 2.45) is 0 Å². The number of hydrogen-bond acceptors (Lipinski definition) is 4. The maximum absolute atomic E-state index is 12.9. The Hall–Kier alpha value is -1.62. The minimum atomic E-state index is 0.122. The monoisotopic (exact) mass is 345 g/mol. The Balaban J connectivity index is 1.53. The Morgan fingerprint density at radius 3 is 2.80 bits per heavy atom. The number of hydrogen-bond donors (Lipinski definition) is 0. The molecule has 2 aliphatic rings. The number of carbonyl (C=O) groups is 1. The van der Waals surface area contributed by atoms with Gasteiger partial charge >= 0.3 is 0 Å². The first-order valence-corrected chi connectivity index (χ1v) is 9.90. The summed E-state index contributed by atoms with van der Waals surface area (Å²) in [6, 6.07) is 4.05. The Morgan fingerprint density at radius 1 is 1.24 bits per heavy atom. The summed E-state index contributed by atoms with van der Waals surface area (Å²) in [5.41, 5.74) is 0.677. The lowest BCUT2D eigenvalue weighted by atomic mass is 10.1. The Labute approximate surface area is 151 Å². The van der Waals surface area contributed by atoms with Crippen LogP contribution in [0.3, 0.4) is 0 Å². The SMILES string of the molecule is CCCCOc1ccc(C(=O)N2CCC[C@H]2CCN2CCCC2)cn1. The van der Waals surface area contributed by atoms with Crippen molar-refractivity contribution in [3.63, 3.8) is 0 Å². The molecular formula is C20H31N3O2. The minimum Gasteiger partial charge on any atom is -0.478 e. The average molecular weight is 345 g/mol. The van der Waals surface area contributed by atoms with Crippen molar-refractivity contribution in [1.82, 2.24) is 14.8 Å². The van der Waals surface area contributed by atoms with Crippen LogP contribution in [0, 0.1) is 0 Å². The van der Waals surface area contributed by atoms with Crippen molar-refractivity contribution < 1.29 is 9.53 Å². The van der Waals surface area contributed by atoms with Crippen LogP contribution >= 0.6 is 0 Å². The van der Waals surface area contributed by atoms with E-state index in [1.807, 2.05) is 12.1 Å². The van der Waals surface area contributed by atoms with E-state index in [9.17, 15) is 4.79 Å². The molecule has 0 radical (unpaired) electrons. The topological polar surface area (TPSA) is 45.7 Å². The second kappa shape index (κ2) is 9.18. The molecule has 0 aromatic carbocycles. The molecule has 0 N–H and O–H groups in total. The van der Waals surface area contributed by atoms with Gasteiger partial charge in [-0.25, -0.2) is 4.98 Å². The predicted molar refractivity (Wildman–Crippen MR) is 99.0 cm³/mol. The van der Waals surface area contributed by atoms with Crippen LogP contribution in [0.25, 0.3) is 0 Å². The number of unbranched alkanes of at least 4 members (excludes halogenated alkanes) is 1. The van der Waals surface area contributed by atoms with Gasteiger partial charge in [0.1, 0.15) is 0 Å². The van der Waals surface area contributed by atoms with Crippen LogP contribution in [-0.4, -0.2) is 59.5 Å². The zero-order valence-corrected chi connectivity index (χ0v) is 15.5. The molecule has 1 atom stereocenters. The molecule has 25 heavy (non-hydrogen) atoms. The summed E-state index contributed by atoms with van der Waals surface area (Å²) in [7, 11) is 0. The summed E-state index contributed by atoms with van der Waals surface area (Å²) in [6.45, 7) is 7.26. The van der Waals surface area contributed by atoms with E-state index in [2.05, 4.69) is 21.7 Å². The van der Waals surface area contributed by atoms with E-state index >= 15 is 0 Å². The Morgan fingerprint density at radius 2 is 2.08 bits per heavy atom. The van der Waals surface area contributed by atoms with E-state index in [1.54, 1.807) is 6.20 Å². The first-order chi connectivity index (χ1) is 12.3. The molecule has 1 aromatic heterocycles. The molecule has 5 heteroatoms.